The molecule has 0 aliphatic carbocycles. The largest absolute Gasteiger partial charge is 0.493 e. The molecule has 0 aliphatic rings. The molecule has 0 radical (unpaired) electrons. The molecule has 0 N–H and O–H groups in total. The Hall–Kier alpha value is -1.66. The minimum atomic E-state index is -1.72. The standard InChI is InChI=1S/C20H28O2Si/c1-14(2)23(15(3)4,16(5)6)13-11-17-8-9-19(21-7)20-18(17)10-12-22-20/h8-10,12,14-16H,1-7H3. The van der Waals surface area contributed by atoms with Crippen LogP contribution in [-0.4, -0.2) is 15.2 Å². The lowest BCUT2D eigenvalue weighted by Crippen LogP contribution is -2.43. The van der Waals surface area contributed by atoms with Gasteiger partial charge >= 0.3 is 0 Å². The zero-order valence-electron chi connectivity index (χ0n) is 15.4. The monoisotopic (exact) mass is 328 g/mol. The predicted molar refractivity (Wildman–Crippen MR) is 101 cm³/mol. The molecule has 1 heterocycles. The lowest BCUT2D eigenvalue weighted by Gasteiger charge is -2.38. The molecule has 0 fully saturated rings. The van der Waals surface area contributed by atoms with Crippen LogP contribution in [0.15, 0.2) is 28.9 Å². The van der Waals surface area contributed by atoms with Crippen molar-refractivity contribution in [2.24, 2.45) is 0 Å². The average Bonchev–Trinajstić information content (AvgIpc) is 2.96. The summed E-state index contributed by atoms with van der Waals surface area (Å²) < 4.78 is 10.9. The van der Waals surface area contributed by atoms with E-state index in [9.17, 15) is 0 Å². The molecule has 0 bridgehead atoms. The Kier molecular flexibility index (Phi) is 5.26. The fourth-order valence-electron chi connectivity index (χ4n) is 3.92. The van der Waals surface area contributed by atoms with Crippen LogP contribution in [0.2, 0.25) is 16.6 Å². The normalized spacial score (nSPS) is 12.1. The van der Waals surface area contributed by atoms with E-state index < -0.39 is 8.07 Å². The van der Waals surface area contributed by atoms with Gasteiger partial charge in [-0.05, 0) is 34.8 Å². The number of furan rings is 1. The van der Waals surface area contributed by atoms with Crippen molar-refractivity contribution in [3.8, 4) is 17.2 Å². The van der Waals surface area contributed by atoms with Crippen LogP contribution >= 0.6 is 0 Å². The van der Waals surface area contributed by atoms with Crippen LogP contribution < -0.4 is 4.74 Å². The Morgan fingerprint density at radius 3 is 2.09 bits per heavy atom. The first-order valence-electron chi connectivity index (χ1n) is 8.42. The van der Waals surface area contributed by atoms with Gasteiger partial charge in [0.25, 0.3) is 0 Å². The SMILES string of the molecule is COc1ccc(C#C[Si](C(C)C)(C(C)C)C(C)C)c2ccoc12. The van der Waals surface area contributed by atoms with E-state index in [-0.39, 0.29) is 0 Å². The van der Waals surface area contributed by atoms with Crippen molar-refractivity contribution in [3.05, 3.63) is 30.0 Å². The lowest BCUT2D eigenvalue weighted by molar-refractivity contribution is 0.410. The van der Waals surface area contributed by atoms with Crippen molar-refractivity contribution in [2.75, 3.05) is 7.11 Å². The van der Waals surface area contributed by atoms with E-state index in [2.05, 4.69) is 53.0 Å². The first kappa shape index (κ1) is 17.7. The molecule has 1 aromatic carbocycles. The fourth-order valence-corrected chi connectivity index (χ4v) is 9.13. The van der Waals surface area contributed by atoms with Crippen LogP contribution in [0.25, 0.3) is 11.0 Å². The Labute approximate surface area is 141 Å². The van der Waals surface area contributed by atoms with Crippen molar-refractivity contribution in [2.45, 2.75) is 58.2 Å². The number of hydrogen-bond donors (Lipinski definition) is 0. The van der Waals surface area contributed by atoms with Gasteiger partial charge in [0.1, 0.15) is 8.07 Å². The van der Waals surface area contributed by atoms with E-state index in [1.54, 1.807) is 13.4 Å². The molecule has 0 saturated carbocycles. The van der Waals surface area contributed by atoms with Crippen LogP contribution in [0, 0.1) is 11.5 Å². The average molecular weight is 329 g/mol. The fraction of sp³-hybridized carbons (Fsp3) is 0.500. The van der Waals surface area contributed by atoms with Crippen LogP contribution in [0.4, 0.5) is 0 Å². The molecule has 3 heteroatoms. The van der Waals surface area contributed by atoms with Crippen molar-refractivity contribution >= 4 is 19.0 Å². The van der Waals surface area contributed by atoms with Gasteiger partial charge in [0, 0.05) is 10.9 Å². The van der Waals surface area contributed by atoms with Gasteiger partial charge in [0.05, 0.1) is 13.4 Å². The summed E-state index contributed by atoms with van der Waals surface area (Å²) >= 11 is 0. The zero-order chi connectivity index (χ0) is 17.2. The highest BCUT2D eigenvalue weighted by Crippen LogP contribution is 2.41. The van der Waals surface area contributed by atoms with Gasteiger partial charge in [0.15, 0.2) is 11.3 Å². The highest BCUT2D eigenvalue weighted by atomic mass is 28.3. The topological polar surface area (TPSA) is 22.4 Å². The van der Waals surface area contributed by atoms with Crippen molar-refractivity contribution in [1.29, 1.82) is 0 Å². The molecule has 0 spiro atoms. The Morgan fingerprint density at radius 1 is 0.957 bits per heavy atom. The Morgan fingerprint density at radius 2 is 1.57 bits per heavy atom. The number of methoxy groups -OCH3 is 1. The second-order valence-corrected chi connectivity index (χ2v) is 12.7. The number of hydrogen-bond acceptors (Lipinski definition) is 2. The molecule has 2 rings (SSSR count). The van der Waals surface area contributed by atoms with Gasteiger partial charge in [0.2, 0.25) is 0 Å². The zero-order valence-corrected chi connectivity index (χ0v) is 16.4. The van der Waals surface area contributed by atoms with Gasteiger partial charge in [-0.1, -0.05) is 47.5 Å². The third-order valence-electron chi connectivity index (χ3n) is 5.08. The second kappa shape index (κ2) is 6.84. The predicted octanol–water partition coefficient (Wildman–Crippen LogP) is 6.01. The summed E-state index contributed by atoms with van der Waals surface area (Å²) in [7, 11) is -0.0586. The number of rotatable bonds is 4. The van der Waals surface area contributed by atoms with E-state index in [0.717, 1.165) is 22.3 Å². The molecular formula is C20H28O2Si. The molecule has 0 aliphatic heterocycles. The van der Waals surface area contributed by atoms with Gasteiger partial charge in [-0.15, -0.1) is 5.54 Å². The van der Waals surface area contributed by atoms with Crippen LogP contribution in [0.5, 0.6) is 5.75 Å². The molecule has 2 nitrogen and oxygen atoms in total. The Balaban J connectivity index is 2.58. The van der Waals surface area contributed by atoms with Gasteiger partial charge in [-0.2, -0.15) is 0 Å². The molecule has 0 amide bonds. The van der Waals surface area contributed by atoms with Crippen LogP contribution in [0.1, 0.15) is 47.1 Å². The molecule has 0 saturated heterocycles. The Bertz CT molecular complexity index is 707. The number of fused-ring (bicyclic) bond motifs is 1. The maximum Gasteiger partial charge on any atom is 0.176 e. The summed E-state index contributed by atoms with van der Waals surface area (Å²) in [6.07, 6.45) is 1.70. The summed E-state index contributed by atoms with van der Waals surface area (Å²) in [5.41, 5.74) is 7.49. The molecule has 124 valence electrons. The highest BCUT2D eigenvalue weighted by Gasteiger charge is 2.41. The quantitative estimate of drug-likeness (QED) is 0.506. The molecule has 2 aromatic rings. The summed E-state index contributed by atoms with van der Waals surface area (Å²) in [4.78, 5) is 0. The maximum absolute atomic E-state index is 5.57. The van der Waals surface area contributed by atoms with Crippen molar-refractivity contribution in [3.63, 3.8) is 0 Å². The van der Waals surface area contributed by atoms with Crippen molar-refractivity contribution in [1.82, 2.24) is 0 Å². The molecule has 0 atom stereocenters. The van der Waals surface area contributed by atoms with E-state index in [4.69, 9.17) is 9.15 Å². The third kappa shape index (κ3) is 3.05. The smallest absolute Gasteiger partial charge is 0.176 e. The molecule has 1 aromatic heterocycles. The highest BCUT2D eigenvalue weighted by molar-refractivity contribution is 6.90. The van der Waals surface area contributed by atoms with E-state index in [1.165, 1.54) is 0 Å². The van der Waals surface area contributed by atoms with E-state index in [1.807, 2.05) is 18.2 Å². The number of ether oxygens (including phenoxy) is 1. The first-order chi connectivity index (χ1) is 10.8. The molecular weight excluding hydrogens is 300 g/mol. The lowest BCUT2D eigenvalue weighted by atomic mass is 10.1. The summed E-state index contributed by atoms with van der Waals surface area (Å²) in [6.45, 7) is 14.0. The van der Waals surface area contributed by atoms with Gasteiger partial charge < -0.3 is 9.15 Å². The van der Waals surface area contributed by atoms with Gasteiger partial charge in [-0.3, -0.25) is 0 Å². The third-order valence-corrected chi connectivity index (χ3v) is 11.4. The van der Waals surface area contributed by atoms with Crippen LogP contribution in [-0.2, 0) is 0 Å². The second-order valence-electron chi connectivity index (χ2n) is 7.13. The first-order valence-corrected chi connectivity index (χ1v) is 10.6. The molecule has 23 heavy (non-hydrogen) atoms. The minimum Gasteiger partial charge on any atom is -0.493 e. The maximum atomic E-state index is 5.57. The molecule has 0 unspecified atom stereocenters. The van der Waals surface area contributed by atoms with E-state index >= 15 is 0 Å². The van der Waals surface area contributed by atoms with E-state index in [0.29, 0.717) is 16.6 Å². The van der Waals surface area contributed by atoms with Crippen LogP contribution in [0.3, 0.4) is 0 Å². The van der Waals surface area contributed by atoms with Gasteiger partial charge in [-0.25, -0.2) is 0 Å². The number of benzene rings is 1. The van der Waals surface area contributed by atoms with Crippen molar-refractivity contribution < 1.29 is 9.15 Å². The summed E-state index contributed by atoms with van der Waals surface area (Å²) in [6, 6.07) is 5.97. The summed E-state index contributed by atoms with van der Waals surface area (Å²) in [5.74, 6) is 4.27. The minimum absolute atomic E-state index is 0.632. The summed E-state index contributed by atoms with van der Waals surface area (Å²) in [5, 5.41) is 1.04.